The first-order valence-electron chi connectivity index (χ1n) is 5.37. The number of halogens is 4. The Labute approximate surface area is 110 Å². The molecule has 1 N–H and O–H groups in total. The molecule has 1 aromatic heterocycles. The summed E-state index contributed by atoms with van der Waals surface area (Å²) in [6.07, 6.45) is -3.77. The van der Waals surface area contributed by atoms with Gasteiger partial charge in [-0.05, 0) is 18.2 Å². The lowest BCUT2D eigenvalue weighted by Gasteiger charge is -2.10. The predicted octanol–water partition coefficient (Wildman–Crippen LogP) is 3.39. The Kier molecular flexibility index (Phi) is 3.47. The normalized spacial score (nSPS) is 11.4. The van der Waals surface area contributed by atoms with Gasteiger partial charge in [0.05, 0.1) is 5.56 Å². The quantitative estimate of drug-likeness (QED) is 0.862. The Balaban J connectivity index is 2.24. The van der Waals surface area contributed by atoms with Gasteiger partial charge in [0.25, 0.3) is 5.91 Å². The van der Waals surface area contributed by atoms with Gasteiger partial charge in [-0.1, -0.05) is 0 Å². The molecule has 0 saturated carbocycles. The molecule has 2 aromatic rings. The number of anilines is 1. The van der Waals surface area contributed by atoms with Crippen LogP contribution in [-0.4, -0.2) is 10.9 Å². The summed E-state index contributed by atoms with van der Waals surface area (Å²) in [7, 11) is 0. The van der Waals surface area contributed by atoms with Crippen LogP contribution in [0.4, 0.5) is 23.2 Å². The van der Waals surface area contributed by atoms with Crippen LogP contribution in [0.3, 0.4) is 0 Å². The Bertz CT molecular complexity index is 649. The highest BCUT2D eigenvalue weighted by atomic mass is 19.4. The SMILES string of the molecule is Cc1nc(C(=O)Nc2ccc(F)c(C(F)(F)F)c2)co1. The number of carbonyl (C=O) groups is 1. The molecule has 0 fully saturated rings. The number of carbonyl (C=O) groups excluding carboxylic acids is 1. The van der Waals surface area contributed by atoms with Gasteiger partial charge >= 0.3 is 6.18 Å². The van der Waals surface area contributed by atoms with Gasteiger partial charge in [-0.15, -0.1) is 0 Å². The highest BCUT2D eigenvalue weighted by molar-refractivity contribution is 6.02. The first-order chi connectivity index (χ1) is 9.27. The molecule has 0 aliphatic carbocycles. The van der Waals surface area contributed by atoms with Crippen LogP contribution >= 0.6 is 0 Å². The molecule has 1 amide bonds. The van der Waals surface area contributed by atoms with Crippen LogP contribution < -0.4 is 5.32 Å². The van der Waals surface area contributed by atoms with Gasteiger partial charge in [0.15, 0.2) is 11.6 Å². The maximum absolute atomic E-state index is 13.1. The second-order valence-electron chi connectivity index (χ2n) is 3.90. The van der Waals surface area contributed by atoms with Gasteiger partial charge < -0.3 is 9.73 Å². The van der Waals surface area contributed by atoms with Crippen molar-refractivity contribution in [1.29, 1.82) is 0 Å². The molecule has 0 radical (unpaired) electrons. The maximum atomic E-state index is 13.1. The van der Waals surface area contributed by atoms with Gasteiger partial charge in [0.1, 0.15) is 12.1 Å². The summed E-state index contributed by atoms with van der Waals surface area (Å²) in [5, 5.41) is 2.18. The molecule has 8 heteroatoms. The fraction of sp³-hybridized carbons (Fsp3) is 0.167. The van der Waals surface area contributed by atoms with E-state index in [0.29, 0.717) is 12.1 Å². The van der Waals surface area contributed by atoms with Crippen molar-refractivity contribution in [3.05, 3.63) is 47.4 Å². The molecule has 0 atom stereocenters. The summed E-state index contributed by atoms with van der Waals surface area (Å²) in [4.78, 5) is 15.4. The molecule has 1 aromatic carbocycles. The highest BCUT2D eigenvalue weighted by Crippen LogP contribution is 2.33. The zero-order valence-corrected chi connectivity index (χ0v) is 10.1. The van der Waals surface area contributed by atoms with Crippen LogP contribution in [0, 0.1) is 12.7 Å². The second-order valence-corrected chi connectivity index (χ2v) is 3.90. The number of oxazole rings is 1. The summed E-state index contributed by atoms with van der Waals surface area (Å²) in [5.41, 5.74) is -1.73. The minimum Gasteiger partial charge on any atom is -0.448 e. The van der Waals surface area contributed by atoms with Crippen LogP contribution in [0.5, 0.6) is 0 Å². The third-order valence-corrected chi connectivity index (χ3v) is 2.38. The lowest BCUT2D eigenvalue weighted by atomic mass is 10.2. The number of alkyl halides is 3. The second kappa shape index (κ2) is 4.95. The van der Waals surface area contributed by atoms with E-state index in [2.05, 4.69) is 10.3 Å². The Morgan fingerprint density at radius 1 is 1.35 bits per heavy atom. The summed E-state index contributed by atoms with van der Waals surface area (Å²) in [6, 6.07) is 2.17. The smallest absolute Gasteiger partial charge is 0.419 e. The fourth-order valence-corrected chi connectivity index (χ4v) is 1.48. The van der Waals surface area contributed by atoms with E-state index < -0.39 is 23.5 Å². The van der Waals surface area contributed by atoms with Crippen molar-refractivity contribution in [3.8, 4) is 0 Å². The van der Waals surface area contributed by atoms with E-state index in [1.54, 1.807) is 0 Å². The molecule has 20 heavy (non-hydrogen) atoms. The average Bonchev–Trinajstić information content (AvgIpc) is 2.77. The molecule has 0 aliphatic heterocycles. The Morgan fingerprint density at radius 3 is 2.60 bits per heavy atom. The molecule has 0 aliphatic rings. The summed E-state index contributed by atoms with van der Waals surface area (Å²) in [6.45, 7) is 1.51. The van der Waals surface area contributed by atoms with E-state index in [0.717, 1.165) is 12.3 Å². The van der Waals surface area contributed by atoms with Crippen molar-refractivity contribution >= 4 is 11.6 Å². The van der Waals surface area contributed by atoms with Gasteiger partial charge in [-0.3, -0.25) is 4.79 Å². The summed E-state index contributed by atoms with van der Waals surface area (Å²) < 4.78 is 55.4. The van der Waals surface area contributed by atoms with Crippen LogP contribution in [0.1, 0.15) is 21.9 Å². The number of amides is 1. The third-order valence-electron chi connectivity index (χ3n) is 2.38. The lowest BCUT2D eigenvalue weighted by Crippen LogP contribution is -2.14. The van der Waals surface area contributed by atoms with E-state index >= 15 is 0 Å². The third kappa shape index (κ3) is 2.95. The Morgan fingerprint density at radius 2 is 2.05 bits per heavy atom. The standard InChI is InChI=1S/C12H8F4N2O2/c1-6-17-10(5-20-6)11(19)18-7-2-3-9(13)8(4-7)12(14,15)16/h2-5H,1H3,(H,18,19). The average molecular weight is 288 g/mol. The van der Waals surface area contributed by atoms with E-state index in [1.807, 2.05) is 0 Å². The van der Waals surface area contributed by atoms with E-state index in [9.17, 15) is 22.4 Å². The number of aryl methyl sites for hydroxylation is 1. The number of hydrogen-bond acceptors (Lipinski definition) is 3. The molecule has 1 heterocycles. The first-order valence-corrected chi connectivity index (χ1v) is 5.37. The zero-order valence-electron chi connectivity index (χ0n) is 10.1. The van der Waals surface area contributed by atoms with Crippen molar-refractivity contribution in [2.75, 3.05) is 5.32 Å². The van der Waals surface area contributed by atoms with Crippen molar-refractivity contribution in [3.63, 3.8) is 0 Å². The van der Waals surface area contributed by atoms with Gasteiger partial charge in [0, 0.05) is 12.6 Å². The molecule has 0 saturated heterocycles. The molecule has 4 nitrogen and oxygen atoms in total. The number of aromatic nitrogens is 1. The number of benzene rings is 1. The van der Waals surface area contributed by atoms with Crippen LogP contribution in [0.2, 0.25) is 0 Å². The van der Waals surface area contributed by atoms with Crippen LogP contribution in [0.25, 0.3) is 0 Å². The molecule has 2 rings (SSSR count). The van der Waals surface area contributed by atoms with E-state index in [4.69, 9.17) is 4.42 Å². The molecular formula is C12H8F4N2O2. The van der Waals surface area contributed by atoms with Crippen LogP contribution in [-0.2, 0) is 6.18 Å². The summed E-state index contributed by atoms with van der Waals surface area (Å²) >= 11 is 0. The molecule has 0 bridgehead atoms. The number of hydrogen-bond donors (Lipinski definition) is 1. The topological polar surface area (TPSA) is 55.1 Å². The number of rotatable bonds is 2. The van der Waals surface area contributed by atoms with Crippen molar-refractivity contribution in [2.45, 2.75) is 13.1 Å². The largest absolute Gasteiger partial charge is 0.448 e. The number of nitrogens with zero attached hydrogens (tertiary/aromatic N) is 1. The predicted molar refractivity (Wildman–Crippen MR) is 60.6 cm³/mol. The van der Waals surface area contributed by atoms with Crippen molar-refractivity contribution in [1.82, 2.24) is 4.98 Å². The zero-order chi connectivity index (χ0) is 14.9. The number of nitrogens with one attached hydrogen (secondary N) is 1. The minimum atomic E-state index is -4.84. The van der Waals surface area contributed by atoms with Gasteiger partial charge in [-0.25, -0.2) is 9.37 Å². The van der Waals surface area contributed by atoms with Crippen molar-refractivity contribution in [2.24, 2.45) is 0 Å². The van der Waals surface area contributed by atoms with Crippen LogP contribution in [0.15, 0.2) is 28.9 Å². The monoisotopic (exact) mass is 288 g/mol. The lowest BCUT2D eigenvalue weighted by molar-refractivity contribution is -0.139. The van der Waals surface area contributed by atoms with Gasteiger partial charge in [0.2, 0.25) is 0 Å². The first kappa shape index (κ1) is 14.0. The van der Waals surface area contributed by atoms with Crippen molar-refractivity contribution < 1.29 is 26.8 Å². The minimum absolute atomic E-state index is 0.0830. The molecule has 106 valence electrons. The Hall–Kier alpha value is -2.38. The molecule has 0 spiro atoms. The highest BCUT2D eigenvalue weighted by Gasteiger charge is 2.34. The van der Waals surface area contributed by atoms with E-state index in [1.165, 1.54) is 6.92 Å². The van der Waals surface area contributed by atoms with E-state index in [-0.39, 0.29) is 17.3 Å². The van der Waals surface area contributed by atoms with Gasteiger partial charge in [-0.2, -0.15) is 13.2 Å². The summed E-state index contributed by atoms with van der Waals surface area (Å²) in [5.74, 6) is -1.92. The maximum Gasteiger partial charge on any atom is 0.419 e. The molecule has 0 unspecified atom stereocenters. The molecular weight excluding hydrogens is 280 g/mol. The fourth-order valence-electron chi connectivity index (χ4n) is 1.48.